The summed E-state index contributed by atoms with van der Waals surface area (Å²) in [5.41, 5.74) is 2.21. The largest absolute Gasteiger partial charge is 0.357 e. The van der Waals surface area contributed by atoms with Gasteiger partial charge in [0.05, 0.1) is 0 Å². The van der Waals surface area contributed by atoms with Crippen molar-refractivity contribution < 1.29 is 9.59 Å². The van der Waals surface area contributed by atoms with Crippen molar-refractivity contribution in [2.24, 2.45) is 0 Å². The zero-order valence-corrected chi connectivity index (χ0v) is 12.8. The van der Waals surface area contributed by atoms with E-state index in [1.165, 1.54) is 0 Å². The molecule has 0 saturated heterocycles. The molecule has 0 saturated carbocycles. The van der Waals surface area contributed by atoms with Gasteiger partial charge in [0.1, 0.15) is 6.04 Å². The van der Waals surface area contributed by atoms with Gasteiger partial charge in [-0.25, -0.2) is 0 Å². The molecule has 0 radical (unpaired) electrons. The quantitative estimate of drug-likeness (QED) is 0.866. The molecule has 0 aliphatic rings. The molecule has 20 heavy (non-hydrogen) atoms. The number of hydrogen-bond acceptors (Lipinski definition) is 2. The van der Waals surface area contributed by atoms with Gasteiger partial charge in [-0.15, -0.1) is 0 Å². The summed E-state index contributed by atoms with van der Waals surface area (Å²) >= 11 is 0. The van der Waals surface area contributed by atoms with E-state index < -0.39 is 6.04 Å². The molecular weight excluding hydrogens is 252 g/mol. The van der Waals surface area contributed by atoms with Crippen LogP contribution in [0.5, 0.6) is 0 Å². The van der Waals surface area contributed by atoms with Crippen LogP contribution in [0.15, 0.2) is 24.3 Å². The second-order valence-electron chi connectivity index (χ2n) is 4.99. The second-order valence-corrected chi connectivity index (χ2v) is 4.99. The van der Waals surface area contributed by atoms with Crippen LogP contribution in [-0.4, -0.2) is 29.8 Å². The summed E-state index contributed by atoms with van der Waals surface area (Å²) in [5.74, 6) is -0.116. The molecule has 0 aromatic heterocycles. The zero-order chi connectivity index (χ0) is 15.1. The maximum atomic E-state index is 12.3. The average molecular weight is 276 g/mol. The molecule has 0 aliphatic carbocycles. The molecule has 1 aromatic carbocycles. The maximum absolute atomic E-state index is 12.3. The van der Waals surface area contributed by atoms with E-state index in [1.54, 1.807) is 18.9 Å². The molecule has 0 fully saturated rings. The number of nitrogens with zero attached hydrogens (tertiary/aromatic N) is 1. The van der Waals surface area contributed by atoms with Crippen LogP contribution < -0.4 is 5.32 Å². The third kappa shape index (κ3) is 4.08. The Labute approximate surface area is 121 Å². The molecule has 1 N–H and O–H groups in total. The van der Waals surface area contributed by atoms with Crippen LogP contribution in [0.2, 0.25) is 0 Å². The number of hydrogen-bond donors (Lipinski definition) is 1. The molecule has 2 amide bonds. The molecule has 0 aliphatic heterocycles. The normalized spacial score (nSPS) is 11.8. The van der Waals surface area contributed by atoms with Gasteiger partial charge in [0.15, 0.2) is 0 Å². The first kappa shape index (κ1) is 16.2. The highest BCUT2D eigenvalue weighted by molar-refractivity contribution is 5.87. The minimum Gasteiger partial charge on any atom is -0.357 e. The van der Waals surface area contributed by atoms with E-state index in [1.807, 2.05) is 38.1 Å². The number of aryl methyl sites for hydroxylation is 1. The molecule has 4 nitrogen and oxygen atoms in total. The number of nitrogens with one attached hydrogen (secondary N) is 1. The van der Waals surface area contributed by atoms with E-state index in [4.69, 9.17) is 0 Å². The first-order chi connectivity index (χ1) is 9.51. The smallest absolute Gasteiger partial charge is 0.242 e. The van der Waals surface area contributed by atoms with Crippen LogP contribution in [-0.2, 0) is 16.1 Å². The van der Waals surface area contributed by atoms with Gasteiger partial charge in [0.2, 0.25) is 11.8 Å². The van der Waals surface area contributed by atoms with E-state index in [9.17, 15) is 9.59 Å². The van der Waals surface area contributed by atoms with Gasteiger partial charge in [-0.05, 0) is 31.4 Å². The lowest BCUT2D eigenvalue weighted by molar-refractivity contribution is -0.140. The topological polar surface area (TPSA) is 49.4 Å². The number of rotatable bonds is 6. The van der Waals surface area contributed by atoms with Crippen molar-refractivity contribution in [3.05, 3.63) is 35.4 Å². The SMILES string of the molecule is CCCC(=O)N(Cc1ccccc1C)[C@@H](C)C(=O)NC. The molecular formula is C16H24N2O2. The first-order valence-corrected chi connectivity index (χ1v) is 7.06. The van der Waals surface area contributed by atoms with Crippen molar-refractivity contribution in [1.82, 2.24) is 10.2 Å². The number of benzene rings is 1. The summed E-state index contributed by atoms with van der Waals surface area (Å²) in [5, 5.41) is 2.61. The van der Waals surface area contributed by atoms with E-state index in [0.717, 1.165) is 17.5 Å². The van der Waals surface area contributed by atoms with Crippen molar-refractivity contribution in [2.75, 3.05) is 7.05 Å². The van der Waals surface area contributed by atoms with E-state index in [0.29, 0.717) is 13.0 Å². The van der Waals surface area contributed by atoms with Gasteiger partial charge in [-0.3, -0.25) is 9.59 Å². The van der Waals surface area contributed by atoms with Crippen LogP contribution in [0.25, 0.3) is 0 Å². The molecule has 0 spiro atoms. The van der Waals surface area contributed by atoms with Crippen LogP contribution in [0.1, 0.15) is 37.8 Å². The summed E-state index contributed by atoms with van der Waals surface area (Å²) < 4.78 is 0. The van der Waals surface area contributed by atoms with E-state index >= 15 is 0 Å². The third-order valence-corrected chi connectivity index (χ3v) is 3.48. The van der Waals surface area contributed by atoms with Crippen molar-refractivity contribution in [3.63, 3.8) is 0 Å². The minimum absolute atomic E-state index is 0.0202. The van der Waals surface area contributed by atoms with Crippen molar-refractivity contribution in [3.8, 4) is 0 Å². The summed E-state index contributed by atoms with van der Waals surface area (Å²) in [6.45, 7) is 6.22. The summed E-state index contributed by atoms with van der Waals surface area (Å²) in [6, 6.07) is 7.48. The maximum Gasteiger partial charge on any atom is 0.242 e. The van der Waals surface area contributed by atoms with Gasteiger partial charge < -0.3 is 10.2 Å². The molecule has 0 unspecified atom stereocenters. The fourth-order valence-corrected chi connectivity index (χ4v) is 2.12. The standard InChI is InChI=1S/C16H24N2O2/c1-5-8-15(19)18(13(3)16(20)17-4)11-14-10-7-6-9-12(14)2/h6-7,9-10,13H,5,8,11H2,1-4H3,(H,17,20)/t13-/m0/s1. The Bertz CT molecular complexity index is 471. The summed E-state index contributed by atoms with van der Waals surface area (Å²) in [6.07, 6.45) is 1.25. The fraction of sp³-hybridized carbons (Fsp3) is 0.500. The first-order valence-electron chi connectivity index (χ1n) is 7.06. The Balaban J connectivity index is 2.96. The molecule has 0 bridgehead atoms. The lowest BCUT2D eigenvalue weighted by Gasteiger charge is -2.28. The van der Waals surface area contributed by atoms with Crippen molar-refractivity contribution in [2.45, 2.75) is 46.2 Å². The van der Waals surface area contributed by atoms with Crippen LogP contribution >= 0.6 is 0 Å². The Hall–Kier alpha value is -1.84. The molecule has 4 heteroatoms. The van der Waals surface area contributed by atoms with Gasteiger partial charge in [-0.1, -0.05) is 31.2 Å². The van der Waals surface area contributed by atoms with Crippen molar-refractivity contribution in [1.29, 1.82) is 0 Å². The molecule has 1 atom stereocenters. The monoisotopic (exact) mass is 276 g/mol. The van der Waals surface area contributed by atoms with Crippen LogP contribution in [0.4, 0.5) is 0 Å². The number of likely N-dealkylation sites (N-methyl/N-ethyl adjacent to an activating group) is 1. The number of amides is 2. The Morgan fingerprint density at radius 1 is 1.30 bits per heavy atom. The Morgan fingerprint density at radius 2 is 1.95 bits per heavy atom. The van der Waals surface area contributed by atoms with Gasteiger partial charge in [0, 0.05) is 20.0 Å². The predicted octanol–water partition coefficient (Wildman–Crippen LogP) is 2.26. The van der Waals surface area contributed by atoms with Crippen LogP contribution in [0.3, 0.4) is 0 Å². The Kier molecular flexibility index (Phi) is 6.22. The lowest BCUT2D eigenvalue weighted by atomic mass is 10.1. The van der Waals surface area contributed by atoms with Crippen molar-refractivity contribution >= 4 is 11.8 Å². The van der Waals surface area contributed by atoms with E-state index in [-0.39, 0.29) is 11.8 Å². The fourth-order valence-electron chi connectivity index (χ4n) is 2.12. The van der Waals surface area contributed by atoms with E-state index in [2.05, 4.69) is 5.32 Å². The number of carbonyl (C=O) groups excluding carboxylic acids is 2. The highest BCUT2D eigenvalue weighted by atomic mass is 16.2. The zero-order valence-electron chi connectivity index (χ0n) is 12.8. The summed E-state index contributed by atoms with van der Waals surface area (Å²) in [7, 11) is 1.59. The number of carbonyl (C=O) groups is 2. The van der Waals surface area contributed by atoms with Gasteiger partial charge in [-0.2, -0.15) is 0 Å². The highest BCUT2D eigenvalue weighted by Crippen LogP contribution is 2.14. The Morgan fingerprint density at radius 3 is 2.50 bits per heavy atom. The summed E-state index contributed by atoms with van der Waals surface area (Å²) in [4.78, 5) is 25.8. The highest BCUT2D eigenvalue weighted by Gasteiger charge is 2.24. The lowest BCUT2D eigenvalue weighted by Crippen LogP contribution is -2.46. The minimum atomic E-state index is -0.460. The molecule has 0 heterocycles. The second kappa shape index (κ2) is 7.68. The molecule has 1 rings (SSSR count). The van der Waals surface area contributed by atoms with Crippen LogP contribution in [0, 0.1) is 6.92 Å². The molecule has 1 aromatic rings. The van der Waals surface area contributed by atoms with Gasteiger partial charge >= 0.3 is 0 Å². The van der Waals surface area contributed by atoms with Gasteiger partial charge in [0.25, 0.3) is 0 Å². The third-order valence-electron chi connectivity index (χ3n) is 3.48. The molecule has 110 valence electrons. The predicted molar refractivity (Wildman–Crippen MR) is 80.2 cm³/mol. The average Bonchev–Trinajstić information content (AvgIpc) is 2.45.